The summed E-state index contributed by atoms with van der Waals surface area (Å²) in [4.78, 5) is 22.9. The van der Waals surface area contributed by atoms with Gasteiger partial charge in [0.05, 0.1) is 0 Å². The number of carbonyl (C=O) groups is 2. The normalized spacial score (nSPS) is 30.0. The van der Waals surface area contributed by atoms with E-state index >= 15 is 0 Å². The highest BCUT2D eigenvalue weighted by Crippen LogP contribution is 2.16. The van der Waals surface area contributed by atoms with Crippen molar-refractivity contribution in [2.24, 2.45) is 5.92 Å². The van der Waals surface area contributed by atoms with Gasteiger partial charge in [0.2, 0.25) is 0 Å². The Hall–Kier alpha value is -1.16. The Morgan fingerprint density at radius 2 is 2.12 bits per heavy atom. The van der Waals surface area contributed by atoms with Gasteiger partial charge in [-0.2, -0.15) is 0 Å². The predicted octanol–water partition coefficient (Wildman–Crippen LogP) is 1.22. The van der Waals surface area contributed by atoms with Gasteiger partial charge in [0.25, 0.3) is 0 Å². The molecular formula is C12H18O4. The summed E-state index contributed by atoms with van der Waals surface area (Å²) in [7, 11) is 0. The number of rotatable bonds is 1. The van der Waals surface area contributed by atoms with Crippen molar-refractivity contribution in [2.45, 2.75) is 45.3 Å². The molecule has 2 atom stereocenters. The molecule has 0 unspecified atom stereocenters. The van der Waals surface area contributed by atoms with Gasteiger partial charge in [-0.25, -0.2) is 0 Å². The second kappa shape index (κ2) is 5.80. The summed E-state index contributed by atoms with van der Waals surface area (Å²) in [6, 6.07) is 0. The largest absolute Gasteiger partial charge is 0.459 e. The van der Waals surface area contributed by atoms with E-state index in [1.807, 2.05) is 13.8 Å². The summed E-state index contributed by atoms with van der Waals surface area (Å²) in [5.41, 5.74) is 0. The van der Waals surface area contributed by atoms with Crippen LogP contribution in [0, 0.1) is 5.92 Å². The molecule has 0 saturated carbocycles. The van der Waals surface area contributed by atoms with Gasteiger partial charge < -0.3 is 9.84 Å². The van der Waals surface area contributed by atoms with Crippen molar-refractivity contribution in [3.05, 3.63) is 12.2 Å². The number of ketones is 1. The van der Waals surface area contributed by atoms with Crippen molar-refractivity contribution >= 4 is 11.8 Å². The Morgan fingerprint density at radius 3 is 2.75 bits per heavy atom. The summed E-state index contributed by atoms with van der Waals surface area (Å²) < 4.78 is 5.13. The molecule has 0 bridgehead atoms. The molecule has 0 aromatic rings. The Morgan fingerprint density at radius 1 is 1.44 bits per heavy atom. The highest BCUT2D eigenvalue weighted by atomic mass is 16.6. The monoisotopic (exact) mass is 226 g/mol. The molecule has 0 fully saturated rings. The standard InChI is InChI=1S/C12H18O4/c1-8(2)12-11(15)9(13)6-4-3-5-7-10(14)16-12/h4,6,8,11-12,15H,3,5,7H2,1-2H3/b6-4+/t11-,12+/m0/s1. The van der Waals surface area contributed by atoms with E-state index in [4.69, 9.17) is 4.74 Å². The van der Waals surface area contributed by atoms with Gasteiger partial charge in [-0.05, 0) is 24.8 Å². The molecule has 0 aromatic carbocycles. The molecule has 0 aliphatic carbocycles. The number of cyclic esters (lactones) is 1. The molecule has 1 aliphatic rings. The average Bonchev–Trinajstić information content (AvgIpc) is 2.23. The second-order valence-corrected chi connectivity index (χ2v) is 4.34. The summed E-state index contributed by atoms with van der Waals surface area (Å²) in [5, 5.41) is 9.77. The highest BCUT2D eigenvalue weighted by Gasteiger charge is 2.30. The van der Waals surface area contributed by atoms with Gasteiger partial charge in [-0.1, -0.05) is 19.9 Å². The van der Waals surface area contributed by atoms with Crippen molar-refractivity contribution in [1.29, 1.82) is 0 Å². The molecule has 1 aliphatic heterocycles. The summed E-state index contributed by atoms with van der Waals surface area (Å²) in [6.45, 7) is 3.62. The van der Waals surface area contributed by atoms with Crippen LogP contribution in [0.15, 0.2) is 12.2 Å². The van der Waals surface area contributed by atoms with E-state index in [1.54, 1.807) is 6.08 Å². The molecule has 16 heavy (non-hydrogen) atoms. The first-order valence-corrected chi connectivity index (χ1v) is 5.60. The Balaban J connectivity index is 2.84. The number of hydrogen-bond acceptors (Lipinski definition) is 4. The molecule has 0 saturated heterocycles. The van der Waals surface area contributed by atoms with Crippen LogP contribution in [0.3, 0.4) is 0 Å². The summed E-state index contributed by atoms with van der Waals surface area (Å²) in [5.74, 6) is -0.829. The molecule has 1 heterocycles. The second-order valence-electron chi connectivity index (χ2n) is 4.34. The van der Waals surface area contributed by atoms with Crippen molar-refractivity contribution in [1.82, 2.24) is 0 Å². The molecule has 1 rings (SSSR count). The SMILES string of the molecule is CC(C)[C@H]1OC(=O)CCC/C=C/C(=O)[C@@H]1O. The van der Waals surface area contributed by atoms with E-state index in [9.17, 15) is 14.7 Å². The van der Waals surface area contributed by atoms with E-state index < -0.39 is 18.0 Å². The third-order valence-electron chi connectivity index (χ3n) is 2.56. The zero-order valence-corrected chi connectivity index (χ0v) is 9.68. The van der Waals surface area contributed by atoms with Crippen LogP contribution in [0.25, 0.3) is 0 Å². The predicted molar refractivity (Wildman–Crippen MR) is 58.7 cm³/mol. The topological polar surface area (TPSA) is 63.6 Å². The van der Waals surface area contributed by atoms with E-state index in [-0.39, 0.29) is 11.9 Å². The zero-order chi connectivity index (χ0) is 12.1. The lowest BCUT2D eigenvalue weighted by molar-refractivity contribution is -0.160. The summed E-state index contributed by atoms with van der Waals surface area (Å²) >= 11 is 0. The van der Waals surface area contributed by atoms with E-state index in [0.29, 0.717) is 19.3 Å². The third kappa shape index (κ3) is 3.45. The molecule has 0 amide bonds. The lowest BCUT2D eigenvalue weighted by Crippen LogP contribution is -2.40. The van der Waals surface area contributed by atoms with Crippen LogP contribution in [0.1, 0.15) is 33.1 Å². The number of hydrogen-bond donors (Lipinski definition) is 1. The fourth-order valence-electron chi connectivity index (χ4n) is 1.60. The number of allylic oxidation sites excluding steroid dienone is 1. The van der Waals surface area contributed by atoms with Crippen LogP contribution in [0.5, 0.6) is 0 Å². The highest BCUT2D eigenvalue weighted by molar-refractivity contribution is 5.94. The lowest BCUT2D eigenvalue weighted by Gasteiger charge is -2.25. The van der Waals surface area contributed by atoms with Crippen molar-refractivity contribution in [2.75, 3.05) is 0 Å². The van der Waals surface area contributed by atoms with Gasteiger partial charge in [-0.3, -0.25) is 9.59 Å². The van der Waals surface area contributed by atoms with Crippen molar-refractivity contribution in [3.63, 3.8) is 0 Å². The number of aliphatic hydroxyl groups is 1. The van der Waals surface area contributed by atoms with Gasteiger partial charge in [0, 0.05) is 6.42 Å². The molecule has 4 nitrogen and oxygen atoms in total. The molecular weight excluding hydrogens is 208 g/mol. The van der Waals surface area contributed by atoms with Crippen molar-refractivity contribution < 1.29 is 19.4 Å². The molecule has 0 spiro atoms. The zero-order valence-electron chi connectivity index (χ0n) is 9.68. The quantitative estimate of drug-likeness (QED) is 0.683. The molecule has 1 N–H and O–H groups in total. The van der Waals surface area contributed by atoms with Crippen LogP contribution >= 0.6 is 0 Å². The number of esters is 1. The smallest absolute Gasteiger partial charge is 0.306 e. The van der Waals surface area contributed by atoms with Crippen LogP contribution in [-0.2, 0) is 14.3 Å². The van der Waals surface area contributed by atoms with Crippen LogP contribution in [-0.4, -0.2) is 29.1 Å². The van der Waals surface area contributed by atoms with Gasteiger partial charge in [0.15, 0.2) is 11.9 Å². The van der Waals surface area contributed by atoms with Crippen LogP contribution in [0.2, 0.25) is 0 Å². The number of carbonyl (C=O) groups excluding carboxylic acids is 2. The lowest BCUT2D eigenvalue weighted by atomic mass is 9.97. The number of aliphatic hydroxyl groups excluding tert-OH is 1. The molecule has 0 aromatic heterocycles. The first kappa shape index (κ1) is 12.9. The van der Waals surface area contributed by atoms with Gasteiger partial charge >= 0.3 is 5.97 Å². The number of ether oxygens (including phenoxy) is 1. The molecule has 90 valence electrons. The average molecular weight is 226 g/mol. The summed E-state index contributed by atoms with van der Waals surface area (Å²) in [6.07, 6.45) is 2.72. The van der Waals surface area contributed by atoms with Crippen LogP contribution in [0.4, 0.5) is 0 Å². The molecule has 0 radical (unpaired) electrons. The fourth-order valence-corrected chi connectivity index (χ4v) is 1.60. The fraction of sp³-hybridized carbons (Fsp3) is 0.667. The maximum atomic E-state index is 11.5. The minimum atomic E-state index is -1.25. The van der Waals surface area contributed by atoms with E-state index in [2.05, 4.69) is 0 Å². The maximum Gasteiger partial charge on any atom is 0.306 e. The minimum Gasteiger partial charge on any atom is -0.459 e. The van der Waals surface area contributed by atoms with Gasteiger partial charge in [0.1, 0.15) is 6.10 Å². The maximum absolute atomic E-state index is 11.5. The molecule has 4 heteroatoms. The third-order valence-corrected chi connectivity index (χ3v) is 2.56. The van der Waals surface area contributed by atoms with E-state index in [1.165, 1.54) is 6.08 Å². The first-order chi connectivity index (χ1) is 7.52. The van der Waals surface area contributed by atoms with Crippen LogP contribution < -0.4 is 0 Å². The van der Waals surface area contributed by atoms with E-state index in [0.717, 1.165) is 0 Å². The Kier molecular flexibility index (Phi) is 4.68. The Bertz CT molecular complexity index is 293. The van der Waals surface area contributed by atoms with Gasteiger partial charge in [-0.15, -0.1) is 0 Å². The Labute approximate surface area is 95.3 Å². The van der Waals surface area contributed by atoms with Crippen molar-refractivity contribution in [3.8, 4) is 0 Å². The minimum absolute atomic E-state index is 0.0873. The first-order valence-electron chi connectivity index (χ1n) is 5.60.